The lowest BCUT2D eigenvalue weighted by molar-refractivity contribution is -0.385. The monoisotopic (exact) mass is 236 g/mol. The van der Waals surface area contributed by atoms with Crippen LogP contribution in [0.1, 0.15) is 32.8 Å². The van der Waals surface area contributed by atoms with Crippen LogP contribution < -0.4 is 5.32 Å². The lowest BCUT2D eigenvalue weighted by Gasteiger charge is -2.09. The Bertz CT molecular complexity index is 389. The molecule has 0 fully saturated rings. The highest BCUT2D eigenvalue weighted by Crippen LogP contribution is 2.23. The summed E-state index contributed by atoms with van der Waals surface area (Å²) in [7, 11) is 0. The summed E-state index contributed by atoms with van der Waals surface area (Å²) >= 11 is 0. The first-order chi connectivity index (χ1) is 8.04. The van der Waals surface area contributed by atoms with Crippen LogP contribution in [0.25, 0.3) is 0 Å². The highest BCUT2D eigenvalue weighted by molar-refractivity contribution is 5.55. The zero-order chi connectivity index (χ0) is 12.8. The van der Waals surface area contributed by atoms with E-state index < -0.39 is 0 Å². The van der Waals surface area contributed by atoms with Gasteiger partial charge in [-0.25, -0.2) is 0 Å². The molecule has 1 aromatic carbocycles. The van der Waals surface area contributed by atoms with Crippen LogP contribution in [-0.2, 0) is 6.42 Å². The largest absolute Gasteiger partial charge is 0.385 e. The molecule has 17 heavy (non-hydrogen) atoms. The Balaban J connectivity index is 2.74. The molecule has 0 spiro atoms. The molecule has 4 heteroatoms. The van der Waals surface area contributed by atoms with Gasteiger partial charge in [0, 0.05) is 23.9 Å². The van der Waals surface area contributed by atoms with E-state index in [2.05, 4.69) is 19.2 Å². The molecule has 0 heterocycles. The third-order valence-corrected chi connectivity index (χ3v) is 2.71. The number of rotatable bonds is 6. The molecule has 0 atom stereocenters. The number of nitro groups is 1. The maximum Gasteiger partial charge on any atom is 0.274 e. The molecule has 1 aromatic rings. The second-order valence-corrected chi connectivity index (χ2v) is 4.56. The fourth-order valence-corrected chi connectivity index (χ4v) is 1.65. The Morgan fingerprint density at radius 1 is 1.41 bits per heavy atom. The number of aryl methyl sites for hydroxylation is 1. The van der Waals surface area contributed by atoms with Crippen molar-refractivity contribution in [3.8, 4) is 0 Å². The number of anilines is 1. The first-order valence-electron chi connectivity index (χ1n) is 6.05. The lowest BCUT2D eigenvalue weighted by atomic mass is 10.1. The number of hydrogen-bond donors (Lipinski definition) is 1. The molecule has 0 amide bonds. The van der Waals surface area contributed by atoms with E-state index in [0.717, 1.165) is 24.2 Å². The Kier molecular flexibility index (Phi) is 4.94. The predicted octanol–water partition coefficient (Wildman–Crippen LogP) is 3.62. The summed E-state index contributed by atoms with van der Waals surface area (Å²) in [5.41, 5.74) is 1.82. The fraction of sp³-hybridized carbons (Fsp3) is 0.538. The van der Waals surface area contributed by atoms with E-state index >= 15 is 0 Å². The molecule has 1 rings (SSSR count). The minimum absolute atomic E-state index is 0.210. The molecular weight excluding hydrogens is 216 g/mol. The predicted molar refractivity (Wildman–Crippen MR) is 70.4 cm³/mol. The van der Waals surface area contributed by atoms with Crippen molar-refractivity contribution in [2.75, 3.05) is 11.9 Å². The van der Waals surface area contributed by atoms with Gasteiger partial charge in [-0.05, 0) is 24.8 Å². The Morgan fingerprint density at radius 3 is 2.65 bits per heavy atom. The summed E-state index contributed by atoms with van der Waals surface area (Å²) in [6, 6.07) is 5.36. The molecule has 0 bridgehead atoms. The summed E-state index contributed by atoms with van der Waals surface area (Å²) in [6.45, 7) is 7.09. The fourth-order valence-electron chi connectivity index (χ4n) is 1.65. The highest BCUT2D eigenvalue weighted by Gasteiger charge is 2.12. The zero-order valence-corrected chi connectivity index (χ0v) is 10.7. The second-order valence-electron chi connectivity index (χ2n) is 4.56. The van der Waals surface area contributed by atoms with Crippen LogP contribution in [0.4, 0.5) is 11.4 Å². The average molecular weight is 236 g/mol. The maximum atomic E-state index is 10.9. The summed E-state index contributed by atoms with van der Waals surface area (Å²) in [4.78, 5) is 10.6. The topological polar surface area (TPSA) is 55.2 Å². The summed E-state index contributed by atoms with van der Waals surface area (Å²) in [6.07, 6.45) is 1.74. The molecule has 0 radical (unpaired) electrons. The Labute approximate surface area is 102 Å². The van der Waals surface area contributed by atoms with E-state index in [9.17, 15) is 10.1 Å². The highest BCUT2D eigenvalue weighted by atomic mass is 16.6. The van der Waals surface area contributed by atoms with Crippen LogP contribution in [0, 0.1) is 16.0 Å². The van der Waals surface area contributed by atoms with Gasteiger partial charge in [-0.1, -0.05) is 26.8 Å². The zero-order valence-electron chi connectivity index (χ0n) is 10.7. The minimum Gasteiger partial charge on any atom is -0.385 e. The van der Waals surface area contributed by atoms with Crippen molar-refractivity contribution in [3.05, 3.63) is 33.9 Å². The van der Waals surface area contributed by atoms with Crippen molar-refractivity contribution < 1.29 is 4.92 Å². The van der Waals surface area contributed by atoms with Gasteiger partial charge in [0.2, 0.25) is 0 Å². The van der Waals surface area contributed by atoms with E-state index in [1.165, 1.54) is 0 Å². The molecule has 4 nitrogen and oxygen atoms in total. The van der Waals surface area contributed by atoms with Gasteiger partial charge in [0.05, 0.1) is 4.92 Å². The van der Waals surface area contributed by atoms with Crippen LogP contribution in [-0.4, -0.2) is 11.5 Å². The molecule has 0 saturated carbocycles. The van der Waals surface area contributed by atoms with Crippen LogP contribution in [0.3, 0.4) is 0 Å². The van der Waals surface area contributed by atoms with E-state index in [-0.39, 0.29) is 10.6 Å². The smallest absolute Gasteiger partial charge is 0.274 e. The average Bonchev–Trinajstić information content (AvgIpc) is 2.28. The first kappa shape index (κ1) is 13.5. The molecule has 0 unspecified atom stereocenters. The number of nitrogens with zero attached hydrogens (tertiary/aromatic N) is 1. The molecule has 94 valence electrons. The van der Waals surface area contributed by atoms with E-state index in [1.807, 2.05) is 19.1 Å². The van der Waals surface area contributed by atoms with Crippen LogP contribution >= 0.6 is 0 Å². The molecule has 1 N–H and O–H groups in total. The number of benzene rings is 1. The quantitative estimate of drug-likeness (QED) is 0.606. The van der Waals surface area contributed by atoms with Gasteiger partial charge >= 0.3 is 0 Å². The molecule has 0 aliphatic carbocycles. The number of nitro benzene ring substituents is 1. The molecular formula is C13H20N2O2. The van der Waals surface area contributed by atoms with Gasteiger partial charge < -0.3 is 5.32 Å². The van der Waals surface area contributed by atoms with Gasteiger partial charge in [0.1, 0.15) is 0 Å². The minimum atomic E-state index is -0.313. The van der Waals surface area contributed by atoms with E-state index in [0.29, 0.717) is 12.3 Å². The van der Waals surface area contributed by atoms with Crippen molar-refractivity contribution in [2.45, 2.75) is 33.6 Å². The van der Waals surface area contributed by atoms with Crippen LogP contribution in [0.15, 0.2) is 18.2 Å². The van der Waals surface area contributed by atoms with Gasteiger partial charge in [0.25, 0.3) is 5.69 Å². The molecule has 0 aromatic heterocycles. The summed E-state index contributed by atoms with van der Waals surface area (Å²) in [5, 5.41) is 14.1. The van der Waals surface area contributed by atoms with Gasteiger partial charge in [-0.3, -0.25) is 10.1 Å². The normalized spacial score (nSPS) is 10.6. The molecule has 0 aliphatic heterocycles. The maximum absolute atomic E-state index is 10.9. The Morgan fingerprint density at radius 2 is 2.12 bits per heavy atom. The third kappa shape index (κ3) is 4.06. The van der Waals surface area contributed by atoms with E-state index in [1.54, 1.807) is 6.07 Å². The van der Waals surface area contributed by atoms with Crippen molar-refractivity contribution in [1.29, 1.82) is 0 Å². The summed E-state index contributed by atoms with van der Waals surface area (Å²) in [5.74, 6) is 0.632. The standard InChI is InChI=1S/C13H20N2O2/c1-4-11-5-6-12(9-13(11)15(16)17)14-8-7-10(2)3/h5-6,9-10,14H,4,7-8H2,1-3H3. The van der Waals surface area contributed by atoms with Gasteiger partial charge in [0.15, 0.2) is 0 Å². The van der Waals surface area contributed by atoms with Gasteiger partial charge in [-0.2, -0.15) is 0 Å². The molecule has 0 aliphatic rings. The van der Waals surface area contributed by atoms with Crippen LogP contribution in [0.5, 0.6) is 0 Å². The second kappa shape index (κ2) is 6.23. The third-order valence-electron chi connectivity index (χ3n) is 2.71. The number of nitrogens with one attached hydrogen (secondary N) is 1. The van der Waals surface area contributed by atoms with Crippen molar-refractivity contribution >= 4 is 11.4 Å². The SMILES string of the molecule is CCc1ccc(NCCC(C)C)cc1[N+](=O)[O-]. The van der Waals surface area contributed by atoms with Crippen molar-refractivity contribution in [2.24, 2.45) is 5.92 Å². The van der Waals surface area contributed by atoms with E-state index in [4.69, 9.17) is 0 Å². The Hall–Kier alpha value is -1.58. The van der Waals surface area contributed by atoms with Crippen LogP contribution in [0.2, 0.25) is 0 Å². The van der Waals surface area contributed by atoms with Gasteiger partial charge in [-0.15, -0.1) is 0 Å². The van der Waals surface area contributed by atoms with Crippen molar-refractivity contribution in [1.82, 2.24) is 0 Å². The van der Waals surface area contributed by atoms with Crippen molar-refractivity contribution in [3.63, 3.8) is 0 Å². The lowest BCUT2D eigenvalue weighted by Crippen LogP contribution is -2.05. The summed E-state index contributed by atoms with van der Waals surface area (Å²) < 4.78 is 0. The first-order valence-corrected chi connectivity index (χ1v) is 6.05. The molecule has 0 saturated heterocycles. The number of hydrogen-bond acceptors (Lipinski definition) is 3.